The van der Waals surface area contributed by atoms with Crippen molar-refractivity contribution in [2.24, 2.45) is 5.92 Å². The normalized spacial score (nSPS) is 29.5. The van der Waals surface area contributed by atoms with Gasteiger partial charge in [0.2, 0.25) is 6.79 Å². The molecule has 1 N–H and O–H groups in total. The van der Waals surface area contributed by atoms with Crippen LogP contribution in [0.5, 0.6) is 11.5 Å². The van der Waals surface area contributed by atoms with Crippen LogP contribution in [0.2, 0.25) is 0 Å². The van der Waals surface area contributed by atoms with Crippen molar-refractivity contribution in [2.45, 2.75) is 57.2 Å². The van der Waals surface area contributed by atoms with Gasteiger partial charge in [-0.2, -0.15) is 0 Å². The molecule has 3 atom stereocenters. The zero-order valence-electron chi connectivity index (χ0n) is 16.6. The summed E-state index contributed by atoms with van der Waals surface area (Å²) in [5.74, 6) is 1.92. The van der Waals surface area contributed by atoms with Crippen molar-refractivity contribution in [1.29, 1.82) is 0 Å². The Kier molecular flexibility index (Phi) is 4.56. The lowest BCUT2D eigenvalue weighted by atomic mass is 9.66. The number of piperidine rings is 1. The second kappa shape index (κ2) is 7.09. The van der Waals surface area contributed by atoms with Gasteiger partial charge in [-0.05, 0) is 49.4 Å². The van der Waals surface area contributed by atoms with E-state index in [1.807, 2.05) is 6.07 Å². The van der Waals surface area contributed by atoms with E-state index in [4.69, 9.17) is 9.47 Å². The summed E-state index contributed by atoms with van der Waals surface area (Å²) >= 11 is 0. The molecule has 1 saturated heterocycles. The van der Waals surface area contributed by atoms with Gasteiger partial charge in [-0.1, -0.05) is 48.7 Å². The summed E-state index contributed by atoms with van der Waals surface area (Å²) in [6.45, 7) is 4.25. The van der Waals surface area contributed by atoms with E-state index in [-0.39, 0.29) is 12.0 Å². The topological polar surface area (TPSA) is 41.9 Å². The van der Waals surface area contributed by atoms with Gasteiger partial charge in [0, 0.05) is 25.0 Å². The molecule has 2 fully saturated rings. The van der Waals surface area contributed by atoms with Crippen LogP contribution in [0.3, 0.4) is 0 Å². The molecule has 1 saturated carbocycles. The molecule has 4 nitrogen and oxygen atoms in total. The third-order valence-corrected chi connectivity index (χ3v) is 6.92. The molecule has 0 spiro atoms. The number of hydrogen-bond donors (Lipinski definition) is 1. The molecule has 2 aliphatic heterocycles. The fourth-order valence-corrected chi connectivity index (χ4v) is 5.39. The molecular formula is C24H29NO3. The molecule has 2 aromatic carbocycles. The molecular weight excluding hydrogens is 350 g/mol. The molecule has 4 heteroatoms. The summed E-state index contributed by atoms with van der Waals surface area (Å²) < 4.78 is 11.2. The molecule has 28 heavy (non-hydrogen) atoms. The number of hydrogen-bond acceptors (Lipinski definition) is 4. The van der Waals surface area contributed by atoms with Gasteiger partial charge in [0.25, 0.3) is 0 Å². The Morgan fingerprint density at radius 3 is 2.71 bits per heavy atom. The quantitative estimate of drug-likeness (QED) is 0.847. The van der Waals surface area contributed by atoms with Gasteiger partial charge < -0.3 is 14.6 Å². The standard InChI is InChI=1S/C24H29NO3/c1-17-5-7-18(8-6-17)15-25-13-12-24(26)11-3-2-4-20(24)23(25)19-9-10-21-22(14-19)28-16-27-21/h5-10,14,20,23,26H,2-4,11-13,15-16H2,1H3/t20-,23+,24-/m1/s1. The van der Waals surface area contributed by atoms with Crippen molar-refractivity contribution < 1.29 is 14.6 Å². The van der Waals surface area contributed by atoms with E-state index in [2.05, 4.69) is 48.2 Å². The van der Waals surface area contributed by atoms with E-state index in [9.17, 15) is 5.11 Å². The zero-order chi connectivity index (χ0) is 19.1. The molecule has 148 valence electrons. The van der Waals surface area contributed by atoms with Crippen molar-refractivity contribution in [1.82, 2.24) is 4.90 Å². The van der Waals surface area contributed by atoms with Gasteiger partial charge in [-0.15, -0.1) is 0 Å². The molecule has 0 aromatic heterocycles. The Morgan fingerprint density at radius 1 is 1.04 bits per heavy atom. The summed E-state index contributed by atoms with van der Waals surface area (Å²) in [4.78, 5) is 2.56. The molecule has 0 amide bonds. The van der Waals surface area contributed by atoms with Gasteiger partial charge >= 0.3 is 0 Å². The Bertz CT molecular complexity index is 849. The third-order valence-electron chi connectivity index (χ3n) is 6.92. The molecule has 2 aromatic rings. The number of fused-ring (bicyclic) bond motifs is 2. The maximum absolute atomic E-state index is 11.5. The fourth-order valence-electron chi connectivity index (χ4n) is 5.39. The second-order valence-corrected chi connectivity index (χ2v) is 8.72. The Labute approximate surface area is 167 Å². The monoisotopic (exact) mass is 379 g/mol. The highest BCUT2D eigenvalue weighted by atomic mass is 16.7. The van der Waals surface area contributed by atoms with Crippen LogP contribution in [-0.2, 0) is 6.54 Å². The number of benzene rings is 2. The van der Waals surface area contributed by atoms with Crippen molar-refractivity contribution in [3.63, 3.8) is 0 Å². The highest BCUT2D eigenvalue weighted by molar-refractivity contribution is 5.45. The minimum absolute atomic E-state index is 0.204. The van der Waals surface area contributed by atoms with Crippen molar-refractivity contribution in [3.05, 3.63) is 59.2 Å². The first kappa shape index (κ1) is 18.0. The van der Waals surface area contributed by atoms with E-state index >= 15 is 0 Å². The summed E-state index contributed by atoms with van der Waals surface area (Å²) in [5.41, 5.74) is 3.32. The summed E-state index contributed by atoms with van der Waals surface area (Å²) in [6.07, 6.45) is 5.22. The van der Waals surface area contributed by atoms with E-state index in [0.29, 0.717) is 6.79 Å². The van der Waals surface area contributed by atoms with Crippen molar-refractivity contribution in [2.75, 3.05) is 13.3 Å². The first-order valence-corrected chi connectivity index (χ1v) is 10.5. The Balaban J connectivity index is 1.50. The van der Waals surface area contributed by atoms with Crippen LogP contribution in [-0.4, -0.2) is 28.9 Å². The van der Waals surface area contributed by atoms with Crippen LogP contribution in [0.25, 0.3) is 0 Å². The van der Waals surface area contributed by atoms with E-state index in [1.54, 1.807) is 0 Å². The molecule has 0 unspecified atom stereocenters. The summed E-state index contributed by atoms with van der Waals surface area (Å²) in [6, 6.07) is 15.4. The SMILES string of the molecule is Cc1ccc(CN2CC[C@]3(O)CCCC[C@@H]3[C@@H]2c2ccc3c(c2)OCO3)cc1. The molecule has 0 bridgehead atoms. The minimum Gasteiger partial charge on any atom is -0.454 e. The third kappa shape index (κ3) is 3.19. The van der Waals surface area contributed by atoms with E-state index < -0.39 is 5.60 Å². The van der Waals surface area contributed by atoms with Crippen molar-refractivity contribution >= 4 is 0 Å². The van der Waals surface area contributed by atoms with Crippen LogP contribution >= 0.6 is 0 Å². The summed E-state index contributed by atoms with van der Waals surface area (Å²) in [5, 5.41) is 11.5. The average molecular weight is 380 g/mol. The largest absolute Gasteiger partial charge is 0.454 e. The first-order chi connectivity index (χ1) is 13.6. The molecule has 0 radical (unpaired) electrons. The smallest absolute Gasteiger partial charge is 0.231 e. The highest BCUT2D eigenvalue weighted by Crippen LogP contribution is 2.50. The Hall–Kier alpha value is -2.04. The number of likely N-dealkylation sites (tertiary alicyclic amines) is 1. The lowest BCUT2D eigenvalue weighted by Crippen LogP contribution is -2.54. The highest BCUT2D eigenvalue weighted by Gasteiger charge is 2.49. The van der Waals surface area contributed by atoms with Crippen molar-refractivity contribution in [3.8, 4) is 11.5 Å². The minimum atomic E-state index is -0.539. The number of nitrogens with zero attached hydrogens (tertiary/aromatic N) is 1. The fraction of sp³-hybridized carbons (Fsp3) is 0.500. The van der Waals surface area contributed by atoms with Gasteiger partial charge in [0.05, 0.1) is 5.60 Å². The maximum Gasteiger partial charge on any atom is 0.231 e. The maximum atomic E-state index is 11.5. The van der Waals surface area contributed by atoms with Crippen LogP contribution in [0.4, 0.5) is 0 Å². The predicted octanol–water partition coefficient (Wildman–Crippen LogP) is 4.59. The zero-order valence-corrected chi connectivity index (χ0v) is 16.6. The van der Waals surface area contributed by atoms with Gasteiger partial charge in [-0.3, -0.25) is 4.90 Å². The van der Waals surface area contributed by atoms with Crippen LogP contribution in [0.1, 0.15) is 54.8 Å². The molecule has 3 aliphatic rings. The number of rotatable bonds is 3. The number of aryl methyl sites for hydroxylation is 1. The second-order valence-electron chi connectivity index (χ2n) is 8.72. The first-order valence-electron chi connectivity index (χ1n) is 10.5. The van der Waals surface area contributed by atoms with Gasteiger partial charge in [0.1, 0.15) is 0 Å². The lowest BCUT2D eigenvalue weighted by Gasteiger charge is -2.52. The lowest BCUT2D eigenvalue weighted by molar-refractivity contribution is -0.126. The predicted molar refractivity (Wildman–Crippen MR) is 108 cm³/mol. The molecule has 2 heterocycles. The number of ether oxygens (including phenoxy) is 2. The number of aliphatic hydroxyl groups is 1. The average Bonchev–Trinajstić information content (AvgIpc) is 3.17. The van der Waals surface area contributed by atoms with Gasteiger partial charge in [-0.25, -0.2) is 0 Å². The van der Waals surface area contributed by atoms with Crippen LogP contribution in [0.15, 0.2) is 42.5 Å². The Morgan fingerprint density at radius 2 is 1.86 bits per heavy atom. The van der Waals surface area contributed by atoms with E-state index in [1.165, 1.54) is 23.1 Å². The van der Waals surface area contributed by atoms with Gasteiger partial charge in [0.15, 0.2) is 11.5 Å². The summed E-state index contributed by atoms with van der Waals surface area (Å²) in [7, 11) is 0. The molecule has 1 aliphatic carbocycles. The van der Waals surface area contributed by atoms with E-state index in [0.717, 1.165) is 50.3 Å². The van der Waals surface area contributed by atoms with Crippen LogP contribution in [0, 0.1) is 12.8 Å². The van der Waals surface area contributed by atoms with Crippen LogP contribution < -0.4 is 9.47 Å². The molecule has 5 rings (SSSR count).